The van der Waals surface area contributed by atoms with Gasteiger partial charge in [-0.1, -0.05) is 121 Å². The average Bonchev–Trinajstić information content (AvgIpc) is 3.91. The van der Waals surface area contributed by atoms with Gasteiger partial charge in [-0.15, -0.1) is 0 Å². The molecule has 0 atom stereocenters. The van der Waals surface area contributed by atoms with E-state index in [1.807, 2.05) is 18.2 Å². The summed E-state index contributed by atoms with van der Waals surface area (Å²) in [6, 6.07) is 64.1. The summed E-state index contributed by atoms with van der Waals surface area (Å²) >= 11 is 0. The minimum atomic E-state index is 0.689. The van der Waals surface area contributed by atoms with Gasteiger partial charge >= 0.3 is 0 Å². The SMILES string of the molecule is c1ccc(-c2nc(-c3cccc(-n4c5ccc6oc7ccccc7c6c5c5ccc6c(c7ccccc7n6-c6ccccc6)c54)c3)nc3ccccc23)cc1. The molecule has 12 rings (SSSR count). The summed E-state index contributed by atoms with van der Waals surface area (Å²) < 4.78 is 11.3. The van der Waals surface area contributed by atoms with E-state index >= 15 is 0 Å². The van der Waals surface area contributed by atoms with Gasteiger partial charge in [0.15, 0.2) is 5.82 Å². The van der Waals surface area contributed by atoms with Crippen LogP contribution in [-0.4, -0.2) is 19.1 Å². The molecular weight excluding hydrogens is 673 g/mol. The van der Waals surface area contributed by atoms with Crippen molar-refractivity contribution < 1.29 is 4.42 Å². The lowest BCUT2D eigenvalue weighted by atomic mass is 10.0. The highest BCUT2D eigenvalue weighted by atomic mass is 16.3. The largest absolute Gasteiger partial charge is 0.456 e. The number of para-hydroxylation sites is 4. The smallest absolute Gasteiger partial charge is 0.160 e. The van der Waals surface area contributed by atoms with Crippen molar-refractivity contribution in [3.63, 3.8) is 0 Å². The third-order valence-corrected chi connectivity index (χ3v) is 11.1. The van der Waals surface area contributed by atoms with Crippen LogP contribution in [0.5, 0.6) is 0 Å². The monoisotopic (exact) mass is 702 g/mol. The van der Waals surface area contributed by atoms with Gasteiger partial charge in [-0.3, -0.25) is 0 Å². The molecule has 0 aliphatic rings. The maximum Gasteiger partial charge on any atom is 0.160 e. The van der Waals surface area contributed by atoms with E-state index in [0.717, 1.165) is 77.6 Å². The summed E-state index contributed by atoms with van der Waals surface area (Å²) in [7, 11) is 0. The molecule has 4 aromatic heterocycles. The van der Waals surface area contributed by atoms with Crippen molar-refractivity contribution in [2.24, 2.45) is 0 Å². The van der Waals surface area contributed by atoms with Crippen LogP contribution in [0, 0.1) is 0 Å². The van der Waals surface area contributed by atoms with Crippen LogP contribution in [0.1, 0.15) is 0 Å². The summed E-state index contributed by atoms with van der Waals surface area (Å²) in [5, 5.41) is 8.03. The molecule has 8 aromatic carbocycles. The highest BCUT2D eigenvalue weighted by molar-refractivity contribution is 6.33. The maximum absolute atomic E-state index is 6.47. The Morgan fingerprint density at radius 1 is 0.382 bits per heavy atom. The molecule has 0 bridgehead atoms. The van der Waals surface area contributed by atoms with Gasteiger partial charge in [0, 0.05) is 60.2 Å². The van der Waals surface area contributed by atoms with E-state index in [1.54, 1.807) is 0 Å². The molecule has 0 aliphatic heterocycles. The number of hydrogen-bond acceptors (Lipinski definition) is 3. The van der Waals surface area contributed by atoms with E-state index in [2.05, 4.69) is 173 Å². The molecule has 55 heavy (non-hydrogen) atoms. The summed E-state index contributed by atoms with van der Waals surface area (Å²) in [5.74, 6) is 0.689. The third-order valence-electron chi connectivity index (χ3n) is 11.1. The molecule has 256 valence electrons. The van der Waals surface area contributed by atoms with Crippen molar-refractivity contribution in [2.45, 2.75) is 0 Å². The van der Waals surface area contributed by atoms with Crippen molar-refractivity contribution in [3.05, 3.63) is 182 Å². The van der Waals surface area contributed by atoms with Crippen LogP contribution in [0.2, 0.25) is 0 Å². The van der Waals surface area contributed by atoms with E-state index in [-0.39, 0.29) is 0 Å². The van der Waals surface area contributed by atoms with Crippen molar-refractivity contribution in [1.82, 2.24) is 19.1 Å². The Bertz CT molecular complexity index is 3480. The van der Waals surface area contributed by atoms with Gasteiger partial charge in [0.25, 0.3) is 0 Å². The topological polar surface area (TPSA) is 48.8 Å². The molecule has 0 fully saturated rings. The van der Waals surface area contributed by atoms with Crippen LogP contribution in [-0.2, 0) is 0 Å². The van der Waals surface area contributed by atoms with Crippen LogP contribution in [0.15, 0.2) is 186 Å². The lowest BCUT2D eigenvalue weighted by Crippen LogP contribution is -1.98. The number of fused-ring (bicyclic) bond motifs is 12. The first-order valence-electron chi connectivity index (χ1n) is 18.6. The van der Waals surface area contributed by atoms with Gasteiger partial charge in [-0.2, -0.15) is 0 Å². The van der Waals surface area contributed by atoms with Crippen LogP contribution < -0.4 is 0 Å². The molecule has 4 heterocycles. The molecule has 5 nitrogen and oxygen atoms in total. The quantitative estimate of drug-likeness (QED) is 0.183. The summed E-state index contributed by atoms with van der Waals surface area (Å²) in [6.07, 6.45) is 0. The number of aromatic nitrogens is 4. The zero-order valence-electron chi connectivity index (χ0n) is 29.5. The molecule has 0 spiro atoms. The van der Waals surface area contributed by atoms with Gasteiger partial charge in [-0.05, 0) is 60.7 Å². The van der Waals surface area contributed by atoms with E-state index < -0.39 is 0 Å². The lowest BCUT2D eigenvalue weighted by molar-refractivity contribution is 0.669. The van der Waals surface area contributed by atoms with Crippen LogP contribution in [0.4, 0.5) is 0 Å². The predicted molar refractivity (Wildman–Crippen MR) is 226 cm³/mol. The molecule has 0 saturated carbocycles. The standard InChI is InChI=1S/C50H30N4O/c1-3-14-31(15-4-1)48-35-20-7-10-23-39(35)51-50(52-48)32-16-13-19-34(30-32)54-41-28-29-44-47(37-22-9-12-25-43(37)55-44)45(41)38-26-27-42-46(49(38)54)36-21-8-11-24-40(36)53(42)33-17-5-2-6-18-33/h1-30H. The zero-order chi connectivity index (χ0) is 36.0. The molecule has 0 saturated heterocycles. The summed E-state index contributed by atoms with van der Waals surface area (Å²) in [5.41, 5.74) is 12.4. The highest BCUT2D eigenvalue weighted by Crippen LogP contribution is 2.46. The van der Waals surface area contributed by atoms with Gasteiger partial charge in [-0.25, -0.2) is 9.97 Å². The Hall–Kier alpha value is -7.50. The van der Waals surface area contributed by atoms with Crippen LogP contribution >= 0.6 is 0 Å². The van der Waals surface area contributed by atoms with Gasteiger partial charge < -0.3 is 13.6 Å². The zero-order valence-corrected chi connectivity index (χ0v) is 29.5. The van der Waals surface area contributed by atoms with Gasteiger partial charge in [0.2, 0.25) is 0 Å². The van der Waals surface area contributed by atoms with Gasteiger partial charge in [0.1, 0.15) is 11.2 Å². The molecular formula is C50H30N4O. The van der Waals surface area contributed by atoms with Crippen molar-refractivity contribution >= 4 is 76.5 Å². The van der Waals surface area contributed by atoms with E-state index in [9.17, 15) is 0 Å². The Balaban J connectivity index is 1.21. The number of hydrogen-bond donors (Lipinski definition) is 0. The Morgan fingerprint density at radius 3 is 1.93 bits per heavy atom. The lowest BCUT2D eigenvalue weighted by Gasteiger charge is -2.13. The Kier molecular flexibility index (Phi) is 6.27. The molecule has 0 amide bonds. The van der Waals surface area contributed by atoms with E-state index in [4.69, 9.17) is 14.4 Å². The first kappa shape index (κ1) is 30.0. The van der Waals surface area contributed by atoms with Crippen molar-refractivity contribution in [1.29, 1.82) is 0 Å². The Morgan fingerprint density at radius 2 is 1.05 bits per heavy atom. The number of nitrogens with zero attached hydrogens (tertiary/aromatic N) is 4. The van der Waals surface area contributed by atoms with E-state index in [1.165, 1.54) is 27.1 Å². The molecule has 12 aromatic rings. The molecule has 0 N–H and O–H groups in total. The molecule has 0 unspecified atom stereocenters. The normalized spacial score (nSPS) is 12.0. The highest BCUT2D eigenvalue weighted by Gasteiger charge is 2.24. The van der Waals surface area contributed by atoms with Crippen molar-refractivity contribution in [2.75, 3.05) is 0 Å². The minimum absolute atomic E-state index is 0.689. The first-order valence-corrected chi connectivity index (χ1v) is 18.6. The van der Waals surface area contributed by atoms with Crippen molar-refractivity contribution in [3.8, 4) is 34.0 Å². The first-order chi connectivity index (χ1) is 27.3. The predicted octanol–water partition coefficient (Wildman–Crippen LogP) is 13.1. The Labute approximate surface area is 315 Å². The second-order valence-electron chi connectivity index (χ2n) is 14.1. The van der Waals surface area contributed by atoms with Gasteiger partial charge in [0.05, 0.1) is 33.3 Å². The number of rotatable bonds is 4. The fourth-order valence-electron chi connectivity index (χ4n) is 8.79. The van der Waals surface area contributed by atoms with Crippen LogP contribution in [0.25, 0.3) is 110 Å². The van der Waals surface area contributed by atoms with E-state index in [0.29, 0.717) is 5.82 Å². The minimum Gasteiger partial charge on any atom is -0.456 e. The molecule has 0 radical (unpaired) electrons. The maximum atomic E-state index is 6.47. The fraction of sp³-hybridized carbons (Fsp3) is 0. The number of benzene rings is 8. The molecule has 0 aliphatic carbocycles. The van der Waals surface area contributed by atoms with Crippen LogP contribution in [0.3, 0.4) is 0 Å². The second kappa shape index (κ2) is 11.5. The average molecular weight is 703 g/mol. The third kappa shape index (κ3) is 4.35. The fourth-order valence-corrected chi connectivity index (χ4v) is 8.79. The summed E-state index contributed by atoms with van der Waals surface area (Å²) in [6.45, 7) is 0. The summed E-state index contributed by atoms with van der Waals surface area (Å²) in [4.78, 5) is 10.4. The second-order valence-corrected chi connectivity index (χ2v) is 14.1. The number of furan rings is 1. The molecule has 5 heteroatoms.